The zero-order valence-electron chi connectivity index (χ0n) is 12.9. The quantitative estimate of drug-likeness (QED) is 0.278. The third-order valence-electron chi connectivity index (χ3n) is 4.19. The third kappa shape index (κ3) is 2.29. The molecule has 4 aromatic rings. The maximum atomic E-state index is 14.3. The zero-order chi connectivity index (χ0) is 19.7. The smallest absolute Gasteiger partial charge is 0.203 e. The Kier molecular flexibility index (Phi) is 3.46. The molecule has 27 heavy (non-hydrogen) atoms. The summed E-state index contributed by atoms with van der Waals surface area (Å²) in [6.07, 6.45) is -3.50. The van der Waals surface area contributed by atoms with Crippen molar-refractivity contribution in [2.24, 2.45) is 0 Å². The van der Waals surface area contributed by atoms with Crippen LogP contribution in [-0.2, 0) is 6.18 Å². The molecule has 0 saturated heterocycles. The van der Waals surface area contributed by atoms with Crippen LogP contribution >= 0.6 is 0 Å². The monoisotopic (exact) mass is 387 g/mol. The molecule has 2 aromatic carbocycles. The SMILES string of the molecule is O=c1n2ccc3cccc(c[n+]1-c1c(F)c(F)c(C(F)(F)F)c(F)c1F)c32. The van der Waals surface area contributed by atoms with E-state index < -0.39 is 46.4 Å². The van der Waals surface area contributed by atoms with E-state index in [0.29, 0.717) is 10.9 Å². The molecule has 0 saturated carbocycles. The molecule has 0 aliphatic carbocycles. The highest BCUT2D eigenvalue weighted by atomic mass is 19.4. The van der Waals surface area contributed by atoms with E-state index >= 15 is 0 Å². The van der Waals surface area contributed by atoms with Crippen LogP contribution in [0, 0.1) is 23.3 Å². The van der Waals surface area contributed by atoms with E-state index in [-0.39, 0.29) is 9.95 Å². The van der Waals surface area contributed by atoms with Crippen LogP contribution in [0.5, 0.6) is 0 Å². The second kappa shape index (κ2) is 5.41. The normalized spacial score (nSPS) is 12.4. The van der Waals surface area contributed by atoms with Gasteiger partial charge in [-0.15, -0.1) is 0 Å². The highest BCUT2D eigenvalue weighted by molar-refractivity contribution is 5.95. The standard InChI is InChI=1S/C17H6F7N2O/c18-10-9(17(22,23)24)11(19)13(21)15(12(10)20)26-6-8-3-1-2-7-4-5-25(14(7)8)16(26)27/h1-6H/q+1. The van der Waals surface area contributed by atoms with Gasteiger partial charge in [-0.05, 0) is 12.1 Å². The largest absolute Gasteiger partial charge is 0.508 e. The van der Waals surface area contributed by atoms with Gasteiger partial charge in [-0.1, -0.05) is 12.1 Å². The minimum absolute atomic E-state index is 0.235. The lowest BCUT2D eigenvalue weighted by atomic mass is 10.1. The van der Waals surface area contributed by atoms with Crippen molar-refractivity contribution in [1.29, 1.82) is 0 Å². The van der Waals surface area contributed by atoms with Crippen molar-refractivity contribution in [2.75, 3.05) is 0 Å². The molecule has 0 fully saturated rings. The van der Waals surface area contributed by atoms with Gasteiger partial charge in [-0.3, -0.25) is 0 Å². The van der Waals surface area contributed by atoms with Gasteiger partial charge in [-0.2, -0.15) is 35.7 Å². The van der Waals surface area contributed by atoms with Gasteiger partial charge in [0.15, 0.2) is 17.2 Å². The number of halogens is 7. The summed E-state index contributed by atoms with van der Waals surface area (Å²) in [7, 11) is 0. The average Bonchev–Trinajstić information content (AvgIpc) is 3.02. The van der Waals surface area contributed by atoms with E-state index in [1.807, 2.05) is 0 Å². The van der Waals surface area contributed by atoms with Gasteiger partial charge in [0.2, 0.25) is 17.3 Å². The number of para-hydroxylation sites is 1. The molecular weight excluding hydrogens is 381 g/mol. The lowest BCUT2D eigenvalue weighted by Crippen LogP contribution is -2.52. The molecule has 0 spiro atoms. The Morgan fingerprint density at radius 1 is 0.852 bits per heavy atom. The van der Waals surface area contributed by atoms with Crippen molar-refractivity contribution in [1.82, 2.24) is 4.40 Å². The van der Waals surface area contributed by atoms with Crippen molar-refractivity contribution in [3.8, 4) is 5.69 Å². The minimum atomic E-state index is -5.66. The van der Waals surface area contributed by atoms with E-state index in [1.165, 1.54) is 18.3 Å². The van der Waals surface area contributed by atoms with Crippen molar-refractivity contribution in [2.45, 2.75) is 6.18 Å². The summed E-state index contributed by atoms with van der Waals surface area (Å²) in [5, 5.41) is 0.888. The fourth-order valence-corrected chi connectivity index (χ4v) is 3.04. The molecule has 3 nitrogen and oxygen atoms in total. The van der Waals surface area contributed by atoms with Crippen LogP contribution in [0.4, 0.5) is 30.7 Å². The number of rotatable bonds is 1. The second-order valence-corrected chi connectivity index (χ2v) is 5.73. The topological polar surface area (TPSA) is 25.4 Å². The van der Waals surface area contributed by atoms with Crippen molar-refractivity contribution < 1.29 is 35.3 Å². The molecule has 0 N–H and O–H groups in total. The van der Waals surface area contributed by atoms with Gasteiger partial charge in [0.1, 0.15) is 18.0 Å². The highest BCUT2D eigenvalue weighted by Gasteiger charge is 2.44. The Labute approximate surface area is 144 Å². The summed E-state index contributed by atoms with van der Waals surface area (Å²) in [5.74, 6) is -9.91. The van der Waals surface area contributed by atoms with Crippen molar-refractivity contribution in [3.63, 3.8) is 0 Å². The molecule has 2 heterocycles. The van der Waals surface area contributed by atoms with Crippen LogP contribution < -0.4 is 10.3 Å². The second-order valence-electron chi connectivity index (χ2n) is 5.73. The third-order valence-corrected chi connectivity index (χ3v) is 4.19. The molecule has 0 aliphatic heterocycles. The molecule has 0 amide bonds. The predicted molar refractivity (Wildman–Crippen MR) is 78.7 cm³/mol. The molecule has 0 unspecified atom stereocenters. The number of hydrogen-bond acceptors (Lipinski definition) is 1. The minimum Gasteiger partial charge on any atom is -0.203 e. The summed E-state index contributed by atoms with van der Waals surface area (Å²) in [6.45, 7) is 0. The number of hydrogen-bond donors (Lipinski definition) is 0. The maximum absolute atomic E-state index is 14.3. The van der Waals surface area contributed by atoms with Crippen LogP contribution in [0.25, 0.3) is 22.0 Å². The van der Waals surface area contributed by atoms with E-state index in [2.05, 4.69) is 0 Å². The van der Waals surface area contributed by atoms with Gasteiger partial charge < -0.3 is 0 Å². The van der Waals surface area contributed by atoms with Crippen molar-refractivity contribution in [3.05, 3.63) is 76.0 Å². The molecular formula is C17H6F7N2O+. The van der Waals surface area contributed by atoms with Gasteiger partial charge in [0.05, 0.1) is 5.39 Å². The first-order valence-electron chi connectivity index (χ1n) is 7.34. The Morgan fingerprint density at radius 2 is 1.44 bits per heavy atom. The number of aromatic nitrogens is 2. The van der Waals surface area contributed by atoms with Crippen LogP contribution in [-0.4, -0.2) is 4.40 Å². The van der Waals surface area contributed by atoms with Crippen molar-refractivity contribution >= 4 is 16.3 Å². The lowest BCUT2D eigenvalue weighted by Gasteiger charge is -2.12. The Morgan fingerprint density at radius 3 is 2.04 bits per heavy atom. The maximum Gasteiger partial charge on any atom is 0.508 e. The number of benzene rings is 2. The van der Waals surface area contributed by atoms with E-state index in [9.17, 15) is 35.5 Å². The summed E-state index contributed by atoms with van der Waals surface area (Å²) >= 11 is 0. The van der Waals surface area contributed by atoms with E-state index in [0.717, 1.165) is 10.6 Å². The fourth-order valence-electron chi connectivity index (χ4n) is 3.04. The van der Waals surface area contributed by atoms with Crippen LogP contribution in [0.2, 0.25) is 0 Å². The molecule has 4 rings (SSSR count). The molecule has 2 aromatic heterocycles. The molecule has 138 valence electrons. The molecule has 0 aliphatic rings. The molecule has 10 heteroatoms. The zero-order valence-corrected chi connectivity index (χ0v) is 12.9. The first kappa shape index (κ1) is 17.3. The summed E-state index contributed by atoms with van der Waals surface area (Å²) in [4.78, 5) is 12.5. The summed E-state index contributed by atoms with van der Waals surface area (Å²) in [6, 6.07) is 6.21. The first-order chi connectivity index (χ1) is 12.6. The first-order valence-corrected chi connectivity index (χ1v) is 7.34. The molecule has 0 atom stereocenters. The number of nitrogens with zero attached hydrogens (tertiary/aromatic N) is 2. The Bertz CT molecular complexity index is 1250. The fraction of sp³-hybridized carbons (Fsp3) is 0.0588. The van der Waals surface area contributed by atoms with Gasteiger partial charge in [-0.25, -0.2) is 8.78 Å². The Hall–Kier alpha value is -3.17. The van der Waals surface area contributed by atoms with E-state index in [4.69, 9.17) is 0 Å². The molecule has 0 radical (unpaired) electrons. The van der Waals surface area contributed by atoms with Crippen LogP contribution in [0.15, 0.2) is 41.5 Å². The Balaban J connectivity index is 2.14. The summed E-state index contributed by atoms with van der Waals surface area (Å²) in [5.41, 5.74) is -5.00. The van der Waals surface area contributed by atoms with E-state index in [1.54, 1.807) is 12.1 Å². The van der Waals surface area contributed by atoms with Gasteiger partial charge >= 0.3 is 11.9 Å². The number of alkyl halides is 3. The van der Waals surface area contributed by atoms with Crippen LogP contribution in [0.3, 0.4) is 0 Å². The van der Waals surface area contributed by atoms with Crippen LogP contribution in [0.1, 0.15) is 5.56 Å². The lowest BCUT2D eigenvalue weighted by molar-refractivity contribution is -0.618. The van der Waals surface area contributed by atoms with Gasteiger partial charge in [0.25, 0.3) is 0 Å². The average molecular weight is 387 g/mol. The summed E-state index contributed by atoms with van der Waals surface area (Å²) < 4.78 is 95.7. The molecule has 0 bridgehead atoms. The predicted octanol–water partition coefficient (Wildman–Crippen LogP) is 3.74. The van der Waals surface area contributed by atoms with Gasteiger partial charge in [0, 0.05) is 5.39 Å². The highest BCUT2D eigenvalue weighted by Crippen LogP contribution is 2.37.